The van der Waals surface area contributed by atoms with Gasteiger partial charge in [0.15, 0.2) is 0 Å². The van der Waals surface area contributed by atoms with Crippen molar-refractivity contribution in [3.63, 3.8) is 0 Å². The van der Waals surface area contributed by atoms with Crippen molar-refractivity contribution in [3.05, 3.63) is 94.0 Å². The van der Waals surface area contributed by atoms with Gasteiger partial charge in [-0.15, -0.1) is 0 Å². The second-order valence-corrected chi connectivity index (χ2v) is 11.9. The van der Waals surface area contributed by atoms with Crippen LogP contribution in [0.1, 0.15) is 31.4 Å². The second-order valence-electron chi connectivity index (χ2n) is 9.21. The number of benzene rings is 3. The third-order valence-electron chi connectivity index (χ3n) is 6.27. The summed E-state index contributed by atoms with van der Waals surface area (Å²) in [6.45, 7) is 5.53. The van der Waals surface area contributed by atoms with Crippen LogP contribution in [0.25, 0.3) is 0 Å². The Hall–Kier alpha value is -3.07. The summed E-state index contributed by atoms with van der Waals surface area (Å²) in [4.78, 5) is 28.2. The van der Waals surface area contributed by atoms with E-state index >= 15 is 0 Å². The molecule has 0 saturated heterocycles. The minimum absolute atomic E-state index is 0.00140. The lowest BCUT2D eigenvalue weighted by molar-refractivity contribution is -0.138. The topological polar surface area (TPSA) is 86.8 Å². The number of sulfonamides is 1. The maximum Gasteiger partial charge on any atom is 0.264 e. The van der Waals surface area contributed by atoms with Gasteiger partial charge in [-0.1, -0.05) is 78.2 Å². The van der Waals surface area contributed by atoms with Crippen LogP contribution >= 0.6 is 23.2 Å². The summed E-state index contributed by atoms with van der Waals surface area (Å²) < 4.78 is 28.7. The molecule has 0 heterocycles. The minimum Gasteiger partial charge on any atom is -0.354 e. The van der Waals surface area contributed by atoms with Gasteiger partial charge in [0.05, 0.1) is 15.6 Å². The van der Waals surface area contributed by atoms with Crippen LogP contribution in [0.2, 0.25) is 10.0 Å². The van der Waals surface area contributed by atoms with Gasteiger partial charge in [0, 0.05) is 18.1 Å². The molecule has 0 aliphatic rings. The van der Waals surface area contributed by atoms with Crippen molar-refractivity contribution in [1.29, 1.82) is 0 Å². The molecule has 1 atom stereocenters. The smallest absolute Gasteiger partial charge is 0.264 e. The maximum atomic E-state index is 13.9. The zero-order valence-electron chi connectivity index (χ0n) is 22.2. The standard InChI is InChI=1S/C29H33Cl2N3O4S/c1-4-17-32-29(36)22(3)33(18-16-23-8-6-5-7-9-23)28(35)20-34(27-19-24(30)12-15-26(27)31)39(37,38)25-13-10-21(2)11-14-25/h5-15,19,22H,4,16-18,20H2,1-3H3,(H,32,36)/t22-/m0/s1. The summed E-state index contributed by atoms with van der Waals surface area (Å²) >= 11 is 12.6. The van der Waals surface area contributed by atoms with Crippen molar-refractivity contribution in [3.8, 4) is 0 Å². The molecular weight excluding hydrogens is 557 g/mol. The van der Waals surface area contributed by atoms with E-state index < -0.39 is 28.5 Å². The fourth-order valence-corrected chi connectivity index (χ4v) is 5.85. The van der Waals surface area contributed by atoms with Crippen LogP contribution in [0.4, 0.5) is 5.69 Å². The first-order chi connectivity index (χ1) is 18.5. The molecule has 0 fully saturated rings. The first kappa shape index (κ1) is 30.5. The molecule has 3 aromatic carbocycles. The molecule has 0 aliphatic heterocycles. The summed E-state index contributed by atoms with van der Waals surface area (Å²) in [5.74, 6) is -0.858. The summed E-state index contributed by atoms with van der Waals surface area (Å²) in [5.41, 5.74) is 1.94. The maximum absolute atomic E-state index is 13.9. The van der Waals surface area contributed by atoms with Crippen LogP contribution < -0.4 is 9.62 Å². The highest BCUT2D eigenvalue weighted by molar-refractivity contribution is 7.92. The molecule has 0 aliphatic carbocycles. The Labute approximate surface area is 240 Å². The molecule has 7 nitrogen and oxygen atoms in total. The summed E-state index contributed by atoms with van der Waals surface area (Å²) in [6, 6.07) is 19.5. The third kappa shape index (κ3) is 7.97. The zero-order valence-corrected chi connectivity index (χ0v) is 24.6. The van der Waals surface area contributed by atoms with Crippen LogP contribution in [0.5, 0.6) is 0 Å². The average Bonchev–Trinajstić information content (AvgIpc) is 2.92. The quantitative estimate of drug-likeness (QED) is 0.303. The van der Waals surface area contributed by atoms with Crippen LogP contribution in [0.3, 0.4) is 0 Å². The lowest BCUT2D eigenvalue weighted by atomic mass is 10.1. The zero-order chi connectivity index (χ0) is 28.6. The number of rotatable bonds is 12. The van der Waals surface area contributed by atoms with E-state index in [1.807, 2.05) is 44.2 Å². The van der Waals surface area contributed by atoms with Gasteiger partial charge in [0.1, 0.15) is 12.6 Å². The lowest BCUT2D eigenvalue weighted by Gasteiger charge is -2.32. The van der Waals surface area contributed by atoms with Crippen molar-refractivity contribution in [2.24, 2.45) is 0 Å². The summed E-state index contributed by atoms with van der Waals surface area (Å²) in [6.07, 6.45) is 1.23. The highest BCUT2D eigenvalue weighted by atomic mass is 35.5. The Balaban J connectivity index is 2.01. The van der Waals surface area contributed by atoms with Crippen LogP contribution in [-0.4, -0.2) is 50.8 Å². The normalized spacial score (nSPS) is 12.0. The molecule has 0 saturated carbocycles. The van der Waals surface area contributed by atoms with Crippen LogP contribution in [0.15, 0.2) is 77.7 Å². The second kappa shape index (κ2) is 13.8. The van der Waals surface area contributed by atoms with E-state index in [0.717, 1.165) is 21.9 Å². The van der Waals surface area contributed by atoms with Gasteiger partial charge in [-0.2, -0.15) is 0 Å². The van der Waals surface area contributed by atoms with E-state index in [9.17, 15) is 18.0 Å². The predicted octanol–water partition coefficient (Wildman–Crippen LogP) is 5.48. The number of carbonyl (C=O) groups is 2. The SMILES string of the molecule is CCCNC(=O)[C@H](C)N(CCc1ccccc1)C(=O)CN(c1cc(Cl)ccc1Cl)S(=O)(=O)c1ccc(C)cc1. The number of nitrogens with one attached hydrogen (secondary N) is 1. The molecule has 3 rings (SSSR count). The van der Waals surface area contributed by atoms with E-state index in [4.69, 9.17) is 23.2 Å². The number of hydrogen-bond acceptors (Lipinski definition) is 4. The Bertz CT molecular complexity index is 1380. The molecule has 1 N–H and O–H groups in total. The summed E-state index contributed by atoms with van der Waals surface area (Å²) in [7, 11) is -4.22. The molecule has 0 aromatic heterocycles. The number of hydrogen-bond donors (Lipinski definition) is 1. The number of nitrogens with zero attached hydrogens (tertiary/aromatic N) is 2. The molecule has 0 bridgehead atoms. The van der Waals surface area contributed by atoms with E-state index in [1.165, 1.54) is 35.2 Å². The van der Waals surface area contributed by atoms with E-state index in [0.29, 0.717) is 13.0 Å². The Morgan fingerprint density at radius 3 is 2.28 bits per heavy atom. The van der Waals surface area contributed by atoms with E-state index in [2.05, 4.69) is 5.32 Å². The van der Waals surface area contributed by atoms with Crippen LogP contribution in [-0.2, 0) is 26.0 Å². The molecule has 208 valence electrons. The van der Waals surface area contributed by atoms with E-state index in [1.54, 1.807) is 19.1 Å². The van der Waals surface area contributed by atoms with E-state index in [-0.39, 0.29) is 33.1 Å². The highest BCUT2D eigenvalue weighted by Crippen LogP contribution is 2.33. The molecule has 0 unspecified atom stereocenters. The first-order valence-corrected chi connectivity index (χ1v) is 14.9. The van der Waals surface area contributed by atoms with Crippen molar-refractivity contribution in [2.75, 3.05) is 23.9 Å². The molecule has 39 heavy (non-hydrogen) atoms. The Kier molecular flexibility index (Phi) is 10.8. The van der Waals surface area contributed by atoms with Gasteiger partial charge in [0.25, 0.3) is 10.0 Å². The number of anilines is 1. The van der Waals surface area contributed by atoms with Crippen molar-refractivity contribution in [1.82, 2.24) is 10.2 Å². The third-order valence-corrected chi connectivity index (χ3v) is 8.59. The summed E-state index contributed by atoms with van der Waals surface area (Å²) in [5, 5.41) is 3.21. The number of halogens is 2. The van der Waals surface area contributed by atoms with Gasteiger partial charge in [-0.05, 0) is 62.6 Å². The van der Waals surface area contributed by atoms with Crippen LogP contribution in [0, 0.1) is 6.92 Å². The average molecular weight is 591 g/mol. The van der Waals surface area contributed by atoms with Gasteiger partial charge >= 0.3 is 0 Å². The van der Waals surface area contributed by atoms with Crippen molar-refractivity contribution < 1.29 is 18.0 Å². The molecule has 10 heteroatoms. The van der Waals surface area contributed by atoms with Crippen molar-refractivity contribution in [2.45, 2.75) is 44.6 Å². The fraction of sp³-hybridized carbons (Fsp3) is 0.310. The number of amides is 2. The van der Waals surface area contributed by atoms with Gasteiger partial charge in [-0.3, -0.25) is 13.9 Å². The molecular formula is C29H33Cl2N3O4S. The highest BCUT2D eigenvalue weighted by Gasteiger charge is 2.33. The lowest BCUT2D eigenvalue weighted by Crippen LogP contribution is -2.52. The molecule has 0 radical (unpaired) electrons. The van der Waals surface area contributed by atoms with Crippen molar-refractivity contribution >= 4 is 50.7 Å². The number of aryl methyl sites for hydroxylation is 1. The molecule has 2 amide bonds. The molecule has 0 spiro atoms. The van der Waals surface area contributed by atoms with Gasteiger partial charge < -0.3 is 10.2 Å². The number of carbonyl (C=O) groups excluding carboxylic acids is 2. The fourth-order valence-electron chi connectivity index (χ4n) is 3.99. The Morgan fingerprint density at radius 1 is 0.974 bits per heavy atom. The Morgan fingerprint density at radius 2 is 1.64 bits per heavy atom. The predicted molar refractivity (Wildman–Crippen MR) is 157 cm³/mol. The first-order valence-electron chi connectivity index (χ1n) is 12.7. The van der Waals surface area contributed by atoms with Gasteiger partial charge in [0.2, 0.25) is 11.8 Å². The van der Waals surface area contributed by atoms with Gasteiger partial charge in [-0.25, -0.2) is 8.42 Å². The largest absolute Gasteiger partial charge is 0.354 e. The minimum atomic E-state index is -4.22. The molecule has 3 aromatic rings. The monoisotopic (exact) mass is 589 g/mol.